The molecule has 50 heavy (non-hydrogen) atoms. The number of carbonyl (C=O) groups excluding carboxylic acids is 1. The van der Waals surface area contributed by atoms with E-state index in [1.807, 2.05) is 0 Å². The smallest absolute Gasteiger partial charge is 0.397 e. The van der Waals surface area contributed by atoms with E-state index in [1.165, 1.54) is 44.9 Å². The van der Waals surface area contributed by atoms with Crippen LogP contribution in [0.3, 0.4) is 0 Å². The van der Waals surface area contributed by atoms with Gasteiger partial charge in [-0.05, 0) is 57.8 Å². The summed E-state index contributed by atoms with van der Waals surface area (Å²) < 4.78 is 58.7. The quantitative estimate of drug-likeness (QED) is 0.0255. The molecule has 0 radical (unpaired) electrons. The Morgan fingerprint density at radius 2 is 1.30 bits per heavy atom. The van der Waals surface area contributed by atoms with Crippen molar-refractivity contribution < 1.29 is 56.2 Å². The van der Waals surface area contributed by atoms with Crippen LogP contribution >= 0.6 is 0 Å². The van der Waals surface area contributed by atoms with Gasteiger partial charge in [0.2, 0.25) is 0 Å². The Labute approximate surface area is 301 Å². The van der Waals surface area contributed by atoms with Gasteiger partial charge in [0.05, 0.1) is 19.8 Å². The molecule has 12 nitrogen and oxygen atoms in total. The van der Waals surface area contributed by atoms with Gasteiger partial charge in [-0.2, -0.15) is 8.42 Å². The number of carbonyl (C=O) groups is 1. The van der Waals surface area contributed by atoms with E-state index in [2.05, 4.69) is 42.3 Å². The predicted octanol–water partition coefficient (Wildman–Crippen LogP) is 6.51. The Morgan fingerprint density at radius 3 is 1.88 bits per heavy atom. The summed E-state index contributed by atoms with van der Waals surface area (Å²) in [6.45, 7) is 3.85. The first-order chi connectivity index (χ1) is 24.1. The summed E-state index contributed by atoms with van der Waals surface area (Å²) >= 11 is 0. The van der Waals surface area contributed by atoms with Crippen LogP contribution in [0.25, 0.3) is 0 Å². The molecule has 1 aliphatic rings. The van der Waals surface area contributed by atoms with Gasteiger partial charge < -0.3 is 34.3 Å². The number of unbranched alkanes of at least 4 members (excludes halogenated alkanes) is 15. The zero-order valence-corrected chi connectivity index (χ0v) is 31.5. The van der Waals surface area contributed by atoms with Gasteiger partial charge in [0.15, 0.2) is 6.29 Å². The number of allylic oxidation sites excluding steroid dienone is 4. The molecule has 0 amide bonds. The summed E-state index contributed by atoms with van der Waals surface area (Å²) in [5, 5.41) is 30.5. The van der Waals surface area contributed by atoms with Crippen molar-refractivity contribution in [3.8, 4) is 0 Å². The number of hydrogen-bond donors (Lipinski definition) is 4. The summed E-state index contributed by atoms with van der Waals surface area (Å²) in [6, 6.07) is 0. The average Bonchev–Trinajstić information content (AvgIpc) is 3.08. The lowest BCUT2D eigenvalue weighted by molar-refractivity contribution is -0.301. The number of hydrogen-bond acceptors (Lipinski definition) is 11. The second kappa shape index (κ2) is 30.1. The molecule has 0 aromatic carbocycles. The molecule has 0 saturated carbocycles. The van der Waals surface area contributed by atoms with Gasteiger partial charge >= 0.3 is 16.4 Å². The zero-order chi connectivity index (χ0) is 36.9. The fourth-order valence-electron chi connectivity index (χ4n) is 5.61. The SMILES string of the molecule is CCC/C=C\CCCCCCCCOCC(COC1OC(CO)C(O)C(OS(=O)(=O)O)C1O)OC(=O)CCCCCCC/C=C\CCCCC. The predicted molar refractivity (Wildman–Crippen MR) is 193 cm³/mol. The van der Waals surface area contributed by atoms with Gasteiger partial charge in [-0.25, -0.2) is 4.18 Å². The molecule has 0 spiro atoms. The third-order valence-corrected chi connectivity index (χ3v) is 8.99. The van der Waals surface area contributed by atoms with Gasteiger partial charge in [0.1, 0.15) is 30.5 Å². The molecular formula is C37H68O12S. The Balaban J connectivity index is 2.53. The summed E-state index contributed by atoms with van der Waals surface area (Å²) in [5.74, 6) is -0.414. The molecule has 0 bridgehead atoms. The number of aliphatic hydroxyl groups excluding tert-OH is 3. The molecule has 1 heterocycles. The molecule has 1 saturated heterocycles. The Kier molecular flexibility index (Phi) is 28.0. The summed E-state index contributed by atoms with van der Waals surface area (Å²) in [5.41, 5.74) is 0. The number of rotatable bonds is 32. The highest BCUT2D eigenvalue weighted by molar-refractivity contribution is 7.80. The molecule has 0 aliphatic carbocycles. The van der Waals surface area contributed by atoms with Crippen molar-refractivity contribution >= 4 is 16.4 Å². The topological polar surface area (TPSA) is 178 Å². The Bertz CT molecular complexity index is 989. The minimum absolute atomic E-state index is 0.0294. The number of aliphatic hydroxyl groups is 3. The maximum atomic E-state index is 12.7. The Morgan fingerprint density at radius 1 is 0.740 bits per heavy atom. The van der Waals surface area contributed by atoms with E-state index in [9.17, 15) is 28.5 Å². The molecule has 6 unspecified atom stereocenters. The minimum atomic E-state index is -5.05. The zero-order valence-electron chi connectivity index (χ0n) is 30.7. The van der Waals surface area contributed by atoms with E-state index in [0.29, 0.717) is 13.0 Å². The maximum Gasteiger partial charge on any atom is 0.397 e. The van der Waals surface area contributed by atoms with E-state index in [4.69, 9.17) is 23.5 Å². The lowest BCUT2D eigenvalue weighted by atomic mass is 9.99. The minimum Gasteiger partial charge on any atom is -0.457 e. The molecule has 0 aromatic rings. The first-order valence-electron chi connectivity index (χ1n) is 19.1. The molecule has 13 heteroatoms. The molecule has 0 aromatic heterocycles. The fourth-order valence-corrected chi connectivity index (χ4v) is 6.12. The molecule has 1 fully saturated rings. The van der Waals surface area contributed by atoms with Crippen LogP contribution in [0.4, 0.5) is 0 Å². The van der Waals surface area contributed by atoms with Crippen molar-refractivity contribution in [2.45, 2.75) is 179 Å². The standard InChI is InChI=1S/C37H68O12S/c1-3-5-7-9-11-13-15-16-18-20-22-24-26-33(39)47-31(29-45-27-25-23-21-19-17-14-12-10-8-6-4-2)30-46-37-35(41)36(49-50(42,43)44)34(40)32(28-38)48-37/h8,10-11,13,31-32,34-38,40-41H,3-7,9,12,14-30H2,1-2H3,(H,42,43,44)/b10-8-,13-11-. The van der Waals surface area contributed by atoms with Crippen LogP contribution < -0.4 is 0 Å². The van der Waals surface area contributed by atoms with Crippen LogP contribution in [0, 0.1) is 0 Å². The second-order valence-electron chi connectivity index (χ2n) is 13.2. The van der Waals surface area contributed by atoms with Crippen LogP contribution in [0.15, 0.2) is 24.3 Å². The van der Waals surface area contributed by atoms with E-state index in [0.717, 1.165) is 70.6 Å². The monoisotopic (exact) mass is 736 g/mol. The summed E-state index contributed by atoms with van der Waals surface area (Å²) in [4.78, 5) is 12.7. The number of ether oxygens (including phenoxy) is 4. The van der Waals surface area contributed by atoms with Gasteiger partial charge in [0, 0.05) is 13.0 Å². The first kappa shape index (κ1) is 46.6. The van der Waals surface area contributed by atoms with Crippen molar-refractivity contribution in [3.63, 3.8) is 0 Å². The summed E-state index contributed by atoms with van der Waals surface area (Å²) in [7, 11) is -5.05. The van der Waals surface area contributed by atoms with E-state index >= 15 is 0 Å². The van der Waals surface area contributed by atoms with Crippen molar-refractivity contribution in [3.05, 3.63) is 24.3 Å². The van der Waals surface area contributed by atoms with Crippen molar-refractivity contribution in [2.75, 3.05) is 26.4 Å². The lowest BCUT2D eigenvalue weighted by Crippen LogP contribution is -2.60. The Hall–Kier alpha value is -1.42. The average molecular weight is 737 g/mol. The van der Waals surface area contributed by atoms with Gasteiger partial charge in [-0.1, -0.05) is 102 Å². The van der Waals surface area contributed by atoms with E-state index in [-0.39, 0.29) is 19.6 Å². The third kappa shape index (κ3) is 23.9. The largest absolute Gasteiger partial charge is 0.457 e. The second-order valence-corrected chi connectivity index (χ2v) is 14.2. The highest BCUT2D eigenvalue weighted by Gasteiger charge is 2.48. The highest BCUT2D eigenvalue weighted by Crippen LogP contribution is 2.26. The van der Waals surface area contributed by atoms with Gasteiger partial charge in [0.25, 0.3) is 0 Å². The maximum absolute atomic E-state index is 12.7. The van der Waals surface area contributed by atoms with E-state index in [1.54, 1.807) is 0 Å². The molecule has 294 valence electrons. The van der Waals surface area contributed by atoms with Crippen molar-refractivity contribution in [2.24, 2.45) is 0 Å². The van der Waals surface area contributed by atoms with Gasteiger partial charge in [-0.3, -0.25) is 9.35 Å². The molecule has 6 atom stereocenters. The van der Waals surface area contributed by atoms with Crippen LogP contribution in [0.5, 0.6) is 0 Å². The van der Waals surface area contributed by atoms with Crippen LogP contribution in [0.2, 0.25) is 0 Å². The molecule has 4 N–H and O–H groups in total. The van der Waals surface area contributed by atoms with Crippen LogP contribution in [0.1, 0.15) is 142 Å². The normalized spacial score (nSPS) is 22.1. The highest BCUT2D eigenvalue weighted by atomic mass is 32.3. The van der Waals surface area contributed by atoms with Crippen LogP contribution in [-0.4, -0.2) is 97.5 Å². The molecule has 1 aliphatic heterocycles. The van der Waals surface area contributed by atoms with Crippen LogP contribution in [-0.2, 0) is 38.3 Å². The molecular weight excluding hydrogens is 668 g/mol. The number of esters is 1. The summed E-state index contributed by atoms with van der Waals surface area (Å²) in [6.07, 6.45) is 20.8. The van der Waals surface area contributed by atoms with Gasteiger partial charge in [-0.15, -0.1) is 0 Å². The lowest BCUT2D eigenvalue weighted by Gasteiger charge is -2.41. The van der Waals surface area contributed by atoms with Crippen molar-refractivity contribution in [1.29, 1.82) is 0 Å². The third-order valence-electron chi connectivity index (χ3n) is 8.53. The van der Waals surface area contributed by atoms with Crippen molar-refractivity contribution in [1.82, 2.24) is 0 Å². The first-order valence-corrected chi connectivity index (χ1v) is 20.5. The van der Waals surface area contributed by atoms with E-state index < -0.39 is 59.8 Å². The molecule has 1 rings (SSSR count). The fraction of sp³-hybridized carbons (Fsp3) is 0.865.